The molecular formula is C11H10ClN3O2. The van der Waals surface area contributed by atoms with E-state index in [0.29, 0.717) is 11.3 Å². The highest BCUT2D eigenvalue weighted by Crippen LogP contribution is 2.13. The highest BCUT2D eigenvalue weighted by Gasteiger charge is 2.10. The maximum Gasteiger partial charge on any atom is 0.258 e. The standard InChI is InChI=1S/C11H8ClN3O.H2O/c12-10-9(2-1-5-14-10)11(16)15-8-3-6-13-7-4-8;/h1-7H,(H,13,15,16);1H2. The minimum atomic E-state index is -0.288. The Bertz CT molecular complexity index is 505. The molecule has 0 aliphatic carbocycles. The van der Waals surface area contributed by atoms with Gasteiger partial charge < -0.3 is 10.8 Å². The molecule has 0 aromatic carbocycles. The van der Waals surface area contributed by atoms with Crippen molar-refractivity contribution >= 4 is 23.2 Å². The second-order valence-corrected chi connectivity index (χ2v) is 3.39. The first-order valence-electron chi connectivity index (χ1n) is 4.59. The van der Waals surface area contributed by atoms with E-state index >= 15 is 0 Å². The Kier molecular flexibility index (Phi) is 4.56. The molecule has 0 saturated carbocycles. The molecule has 0 bridgehead atoms. The predicted octanol–water partition coefficient (Wildman–Crippen LogP) is 1.56. The average molecular weight is 252 g/mol. The first-order chi connectivity index (χ1) is 7.77. The van der Waals surface area contributed by atoms with E-state index in [2.05, 4.69) is 15.3 Å². The fourth-order valence-electron chi connectivity index (χ4n) is 1.19. The van der Waals surface area contributed by atoms with Gasteiger partial charge in [0, 0.05) is 24.3 Å². The van der Waals surface area contributed by atoms with Crippen molar-refractivity contribution in [1.82, 2.24) is 9.97 Å². The maximum atomic E-state index is 11.8. The molecular weight excluding hydrogens is 242 g/mol. The van der Waals surface area contributed by atoms with Gasteiger partial charge in [-0.3, -0.25) is 9.78 Å². The number of rotatable bonds is 2. The highest BCUT2D eigenvalue weighted by molar-refractivity contribution is 6.33. The van der Waals surface area contributed by atoms with E-state index in [9.17, 15) is 4.79 Å². The summed E-state index contributed by atoms with van der Waals surface area (Å²) in [6.07, 6.45) is 4.73. The summed E-state index contributed by atoms with van der Waals surface area (Å²) in [5, 5.41) is 2.88. The molecule has 5 nitrogen and oxygen atoms in total. The summed E-state index contributed by atoms with van der Waals surface area (Å²) in [6.45, 7) is 0. The molecule has 0 saturated heterocycles. The molecule has 3 N–H and O–H groups in total. The smallest absolute Gasteiger partial charge is 0.258 e. The summed E-state index contributed by atoms with van der Waals surface area (Å²) >= 11 is 5.80. The number of nitrogens with one attached hydrogen (secondary N) is 1. The lowest BCUT2D eigenvalue weighted by atomic mass is 10.2. The Morgan fingerprint density at radius 3 is 2.53 bits per heavy atom. The second kappa shape index (κ2) is 5.93. The maximum absolute atomic E-state index is 11.8. The van der Waals surface area contributed by atoms with Crippen LogP contribution in [0, 0.1) is 0 Å². The van der Waals surface area contributed by atoms with Gasteiger partial charge in [-0.25, -0.2) is 4.98 Å². The summed E-state index contributed by atoms with van der Waals surface area (Å²) in [5.41, 5.74) is 1.01. The molecule has 0 atom stereocenters. The van der Waals surface area contributed by atoms with Crippen molar-refractivity contribution in [3.8, 4) is 0 Å². The van der Waals surface area contributed by atoms with Gasteiger partial charge in [0.05, 0.1) is 5.56 Å². The third-order valence-corrected chi connectivity index (χ3v) is 2.24. The molecule has 6 heteroatoms. The summed E-state index contributed by atoms with van der Waals surface area (Å²) in [6, 6.07) is 6.67. The Hall–Kier alpha value is -1.98. The van der Waals surface area contributed by atoms with Gasteiger partial charge in [0.25, 0.3) is 5.91 Å². The van der Waals surface area contributed by atoms with Crippen LogP contribution in [0.25, 0.3) is 0 Å². The molecule has 2 aromatic heterocycles. The van der Waals surface area contributed by atoms with Gasteiger partial charge >= 0.3 is 0 Å². The second-order valence-electron chi connectivity index (χ2n) is 3.03. The SMILES string of the molecule is O.O=C(Nc1ccncc1)c1cccnc1Cl. The molecule has 0 aliphatic heterocycles. The van der Waals surface area contributed by atoms with Crippen molar-refractivity contribution in [1.29, 1.82) is 0 Å². The molecule has 0 aliphatic rings. The number of anilines is 1. The number of carbonyl (C=O) groups excluding carboxylic acids is 1. The van der Waals surface area contributed by atoms with Gasteiger partial charge in [0.15, 0.2) is 0 Å². The Morgan fingerprint density at radius 1 is 1.18 bits per heavy atom. The van der Waals surface area contributed by atoms with Crippen molar-refractivity contribution in [3.63, 3.8) is 0 Å². The minimum Gasteiger partial charge on any atom is -0.412 e. The summed E-state index contributed by atoms with van der Waals surface area (Å²) in [4.78, 5) is 19.5. The number of aromatic nitrogens is 2. The molecule has 0 fully saturated rings. The summed E-state index contributed by atoms with van der Waals surface area (Å²) < 4.78 is 0. The fourth-order valence-corrected chi connectivity index (χ4v) is 1.39. The first-order valence-corrected chi connectivity index (χ1v) is 4.97. The average Bonchev–Trinajstić information content (AvgIpc) is 2.31. The summed E-state index contributed by atoms with van der Waals surface area (Å²) in [5.74, 6) is -0.288. The van der Waals surface area contributed by atoms with Crippen molar-refractivity contribution in [3.05, 3.63) is 53.6 Å². The largest absolute Gasteiger partial charge is 0.412 e. The van der Waals surface area contributed by atoms with Gasteiger partial charge in [-0.05, 0) is 24.3 Å². The zero-order valence-corrected chi connectivity index (χ0v) is 9.48. The van der Waals surface area contributed by atoms with Gasteiger partial charge in [0.1, 0.15) is 5.15 Å². The minimum absolute atomic E-state index is 0. The molecule has 2 aromatic rings. The highest BCUT2D eigenvalue weighted by atomic mass is 35.5. The van der Waals surface area contributed by atoms with Crippen molar-refractivity contribution in [2.45, 2.75) is 0 Å². The van der Waals surface area contributed by atoms with Crippen LogP contribution in [-0.2, 0) is 0 Å². The van der Waals surface area contributed by atoms with Gasteiger partial charge in [-0.1, -0.05) is 11.6 Å². The van der Waals surface area contributed by atoms with Crippen LogP contribution in [0.3, 0.4) is 0 Å². The lowest BCUT2D eigenvalue weighted by Crippen LogP contribution is -2.12. The van der Waals surface area contributed by atoms with E-state index in [1.165, 1.54) is 6.20 Å². The third-order valence-electron chi connectivity index (χ3n) is 1.94. The molecule has 0 unspecified atom stereocenters. The van der Waals surface area contributed by atoms with Crippen molar-refractivity contribution in [2.75, 3.05) is 5.32 Å². The van der Waals surface area contributed by atoms with Gasteiger partial charge in [-0.2, -0.15) is 0 Å². The van der Waals surface area contributed by atoms with Crippen LogP contribution in [-0.4, -0.2) is 21.4 Å². The topological polar surface area (TPSA) is 86.4 Å². The monoisotopic (exact) mass is 251 g/mol. The van der Waals surface area contributed by atoms with Crippen molar-refractivity contribution in [2.24, 2.45) is 0 Å². The van der Waals surface area contributed by atoms with E-state index in [4.69, 9.17) is 11.6 Å². The van der Waals surface area contributed by atoms with E-state index in [-0.39, 0.29) is 16.5 Å². The molecule has 0 radical (unpaired) electrons. The zero-order chi connectivity index (χ0) is 11.4. The zero-order valence-electron chi connectivity index (χ0n) is 8.72. The summed E-state index contributed by atoms with van der Waals surface area (Å²) in [7, 11) is 0. The molecule has 88 valence electrons. The van der Waals surface area contributed by atoms with Crippen LogP contribution >= 0.6 is 11.6 Å². The Morgan fingerprint density at radius 2 is 1.88 bits per heavy atom. The van der Waals surface area contributed by atoms with Crippen LogP contribution in [0.2, 0.25) is 5.15 Å². The molecule has 17 heavy (non-hydrogen) atoms. The van der Waals surface area contributed by atoms with Gasteiger partial charge in [0.2, 0.25) is 0 Å². The van der Waals surface area contributed by atoms with Gasteiger partial charge in [-0.15, -0.1) is 0 Å². The fraction of sp³-hybridized carbons (Fsp3) is 0. The molecule has 1 amide bonds. The predicted molar refractivity (Wildman–Crippen MR) is 65.1 cm³/mol. The number of pyridine rings is 2. The van der Waals surface area contributed by atoms with E-state index in [0.717, 1.165) is 0 Å². The molecule has 2 rings (SSSR count). The van der Waals surface area contributed by atoms with Crippen LogP contribution in [0.5, 0.6) is 0 Å². The third kappa shape index (κ3) is 3.24. The quantitative estimate of drug-likeness (QED) is 0.822. The normalized spacial score (nSPS) is 9.24. The lowest BCUT2D eigenvalue weighted by molar-refractivity contribution is 0.102. The number of hydrogen-bond acceptors (Lipinski definition) is 3. The molecule has 0 spiro atoms. The number of halogens is 1. The lowest BCUT2D eigenvalue weighted by Gasteiger charge is -2.05. The van der Waals surface area contributed by atoms with Crippen LogP contribution < -0.4 is 5.32 Å². The number of amides is 1. The van der Waals surface area contributed by atoms with Crippen LogP contribution in [0.15, 0.2) is 42.9 Å². The van der Waals surface area contributed by atoms with Crippen molar-refractivity contribution < 1.29 is 10.3 Å². The Labute approximate surface area is 103 Å². The number of hydrogen-bond donors (Lipinski definition) is 1. The molecule has 2 heterocycles. The van der Waals surface area contributed by atoms with Crippen LogP contribution in [0.4, 0.5) is 5.69 Å². The van der Waals surface area contributed by atoms with E-state index in [1.807, 2.05) is 0 Å². The van der Waals surface area contributed by atoms with E-state index in [1.54, 1.807) is 36.7 Å². The number of carbonyl (C=O) groups is 1. The number of nitrogens with zero attached hydrogens (tertiary/aromatic N) is 2. The first kappa shape index (κ1) is 13.1. The van der Waals surface area contributed by atoms with Crippen LogP contribution in [0.1, 0.15) is 10.4 Å². The Balaban J connectivity index is 0.00000144. The van der Waals surface area contributed by atoms with E-state index < -0.39 is 0 Å².